The van der Waals surface area contributed by atoms with Crippen LogP contribution < -0.4 is 13.9 Å². The third kappa shape index (κ3) is 3.30. The monoisotopic (exact) mass is 385 g/mol. The highest BCUT2D eigenvalue weighted by Crippen LogP contribution is 2.63. The van der Waals surface area contributed by atoms with Gasteiger partial charge in [0, 0.05) is 12.1 Å². The van der Waals surface area contributed by atoms with Crippen molar-refractivity contribution < 1.29 is 13.5 Å². The average Bonchev–Trinajstić information content (AvgIpc) is 2.75. The number of hydrogen-bond donors (Lipinski definition) is 3. The summed E-state index contributed by atoms with van der Waals surface area (Å²) < 4.78 is 38.7. The standard InChI is InChI=1S/C17H21ClFN3O2S/c1-20-8-7-15(12-9-13(18)11-14(19)10-12)22-17-6-4-3-5-16(17)21(2)25(22,23)24/h3-6,9-11,15,20,23-24H,7-8H2,1-2H3. The molecule has 1 aliphatic heterocycles. The van der Waals surface area contributed by atoms with Crippen molar-refractivity contribution in [2.75, 3.05) is 29.3 Å². The zero-order valence-corrected chi connectivity index (χ0v) is 15.6. The molecule has 0 spiro atoms. The van der Waals surface area contributed by atoms with Gasteiger partial charge in [0.1, 0.15) is 5.82 Å². The summed E-state index contributed by atoms with van der Waals surface area (Å²) in [5.74, 6) is -0.450. The maximum Gasteiger partial charge on any atom is 0.125 e. The number of halogens is 2. The normalized spacial score (nSPS) is 18.2. The predicted molar refractivity (Wildman–Crippen MR) is 103 cm³/mol. The smallest absolute Gasteiger partial charge is 0.125 e. The lowest BCUT2D eigenvalue weighted by Gasteiger charge is -2.46. The van der Waals surface area contributed by atoms with Crippen molar-refractivity contribution in [1.29, 1.82) is 0 Å². The fourth-order valence-corrected chi connectivity index (χ4v) is 5.02. The van der Waals surface area contributed by atoms with Crippen molar-refractivity contribution in [1.82, 2.24) is 5.32 Å². The second-order valence-electron chi connectivity index (χ2n) is 5.91. The van der Waals surface area contributed by atoms with Gasteiger partial charge in [-0.15, -0.1) is 0 Å². The van der Waals surface area contributed by atoms with E-state index in [2.05, 4.69) is 5.32 Å². The molecule has 136 valence electrons. The molecule has 3 N–H and O–H groups in total. The number of para-hydroxylation sites is 2. The number of nitrogens with zero attached hydrogens (tertiary/aromatic N) is 2. The minimum Gasteiger partial charge on any atom is -0.320 e. The van der Waals surface area contributed by atoms with E-state index < -0.39 is 22.8 Å². The Bertz CT molecular complexity index is 757. The van der Waals surface area contributed by atoms with E-state index in [1.54, 1.807) is 17.4 Å². The number of hydrogen-bond acceptors (Lipinski definition) is 5. The molecule has 0 fully saturated rings. The summed E-state index contributed by atoms with van der Waals surface area (Å²) in [6.45, 7) is 0.622. The molecule has 0 radical (unpaired) electrons. The first-order chi connectivity index (χ1) is 11.9. The molecule has 5 nitrogen and oxygen atoms in total. The van der Waals surface area contributed by atoms with Gasteiger partial charge in [-0.3, -0.25) is 13.4 Å². The Morgan fingerprint density at radius 1 is 1.20 bits per heavy atom. The highest BCUT2D eigenvalue weighted by molar-refractivity contribution is 8.26. The first-order valence-electron chi connectivity index (χ1n) is 7.87. The van der Waals surface area contributed by atoms with Crippen molar-refractivity contribution in [2.45, 2.75) is 12.5 Å². The molecule has 1 aliphatic rings. The minimum absolute atomic E-state index is 0.279. The van der Waals surface area contributed by atoms with Crippen molar-refractivity contribution in [3.63, 3.8) is 0 Å². The molecule has 2 aromatic rings. The van der Waals surface area contributed by atoms with Crippen LogP contribution in [0.5, 0.6) is 0 Å². The Morgan fingerprint density at radius 3 is 2.52 bits per heavy atom. The number of anilines is 2. The number of fused-ring (bicyclic) bond motifs is 1. The Hall–Kier alpha value is -1.51. The summed E-state index contributed by atoms with van der Waals surface area (Å²) in [6.07, 6.45) is 0.550. The van der Waals surface area contributed by atoms with Crippen LogP contribution in [0, 0.1) is 5.82 Å². The molecule has 1 unspecified atom stereocenters. The zero-order chi connectivity index (χ0) is 18.2. The van der Waals surface area contributed by atoms with Crippen molar-refractivity contribution >= 4 is 33.9 Å². The SMILES string of the molecule is CNCCC(c1cc(F)cc(Cl)c1)N1c2ccccc2N(C)S1(O)O. The number of nitrogens with one attached hydrogen (secondary N) is 1. The molecule has 0 aliphatic carbocycles. The van der Waals surface area contributed by atoms with Gasteiger partial charge in [-0.25, -0.2) is 8.70 Å². The van der Waals surface area contributed by atoms with Gasteiger partial charge in [-0.2, -0.15) is 0 Å². The van der Waals surface area contributed by atoms with Gasteiger partial charge >= 0.3 is 0 Å². The van der Waals surface area contributed by atoms with Gasteiger partial charge in [0.2, 0.25) is 0 Å². The largest absolute Gasteiger partial charge is 0.320 e. The molecule has 0 saturated heterocycles. The van der Waals surface area contributed by atoms with Crippen LogP contribution in [-0.4, -0.2) is 29.7 Å². The fraction of sp³-hybridized carbons (Fsp3) is 0.294. The molecule has 8 heteroatoms. The van der Waals surface area contributed by atoms with Gasteiger partial charge in [-0.1, -0.05) is 23.7 Å². The topological polar surface area (TPSA) is 59.0 Å². The first kappa shape index (κ1) is 18.3. The summed E-state index contributed by atoms with van der Waals surface area (Å²) in [6, 6.07) is 11.2. The van der Waals surface area contributed by atoms with Gasteiger partial charge < -0.3 is 5.32 Å². The number of rotatable bonds is 5. The minimum atomic E-state index is -3.26. The quantitative estimate of drug-likeness (QED) is 0.698. The van der Waals surface area contributed by atoms with E-state index in [0.717, 1.165) is 5.69 Å². The molecule has 0 saturated carbocycles. The highest BCUT2D eigenvalue weighted by Gasteiger charge is 2.42. The molecule has 0 bridgehead atoms. The fourth-order valence-electron chi connectivity index (χ4n) is 3.12. The lowest BCUT2D eigenvalue weighted by atomic mass is 10.0. The molecule has 1 atom stereocenters. The summed E-state index contributed by atoms with van der Waals surface area (Å²) in [5, 5.41) is 3.34. The van der Waals surface area contributed by atoms with Gasteiger partial charge in [0.05, 0.1) is 17.4 Å². The van der Waals surface area contributed by atoms with E-state index in [9.17, 15) is 13.5 Å². The highest BCUT2D eigenvalue weighted by atomic mass is 35.5. The van der Waals surface area contributed by atoms with E-state index in [-0.39, 0.29) is 5.02 Å². The van der Waals surface area contributed by atoms with Crippen molar-refractivity contribution in [2.24, 2.45) is 0 Å². The second-order valence-corrected chi connectivity index (χ2v) is 8.27. The van der Waals surface area contributed by atoms with Crippen LogP contribution in [0.3, 0.4) is 0 Å². The van der Waals surface area contributed by atoms with E-state index in [1.807, 2.05) is 31.3 Å². The summed E-state index contributed by atoms with van der Waals surface area (Å²) in [7, 11) is 0.203. The molecular formula is C17H21ClFN3O2S. The van der Waals surface area contributed by atoms with E-state index >= 15 is 0 Å². The predicted octanol–water partition coefficient (Wildman–Crippen LogP) is 4.67. The first-order valence-corrected chi connectivity index (χ1v) is 9.71. The zero-order valence-electron chi connectivity index (χ0n) is 14.0. The molecule has 3 rings (SSSR count). The third-order valence-electron chi connectivity index (χ3n) is 4.31. The Morgan fingerprint density at radius 2 is 1.88 bits per heavy atom. The molecule has 25 heavy (non-hydrogen) atoms. The average molecular weight is 386 g/mol. The van der Waals surface area contributed by atoms with Crippen molar-refractivity contribution in [3.05, 3.63) is 58.9 Å². The molecule has 0 amide bonds. The summed E-state index contributed by atoms with van der Waals surface area (Å²) >= 11 is 6.03. The van der Waals surface area contributed by atoms with Crippen LogP contribution in [0.25, 0.3) is 0 Å². The maximum absolute atomic E-state index is 13.9. The van der Waals surface area contributed by atoms with Crippen LogP contribution in [0.4, 0.5) is 15.8 Å². The molecular weight excluding hydrogens is 365 g/mol. The number of benzene rings is 2. The Balaban J connectivity index is 2.12. The van der Waals surface area contributed by atoms with Crippen LogP contribution >= 0.6 is 22.6 Å². The lowest BCUT2D eigenvalue weighted by molar-refractivity contribution is 0.468. The second kappa shape index (κ2) is 7.01. The Labute approximate surface area is 153 Å². The summed E-state index contributed by atoms with van der Waals surface area (Å²) in [4.78, 5) is 0. The molecule has 2 aromatic carbocycles. The Kier molecular flexibility index (Phi) is 5.13. The molecule has 1 heterocycles. The van der Waals surface area contributed by atoms with Crippen molar-refractivity contribution in [3.8, 4) is 0 Å². The van der Waals surface area contributed by atoms with Crippen LogP contribution in [0.15, 0.2) is 42.5 Å². The lowest BCUT2D eigenvalue weighted by Crippen LogP contribution is -2.35. The van der Waals surface area contributed by atoms with E-state index in [0.29, 0.717) is 24.2 Å². The van der Waals surface area contributed by atoms with Crippen LogP contribution in [0.1, 0.15) is 18.0 Å². The van der Waals surface area contributed by atoms with Gasteiger partial charge in [0.15, 0.2) is 0 Å². The van der Waals surface area contributed by atoms with Gasteiger partial charge in [-0.05, 0) is 66.9 Å². The third-order valence-corrected chi connectivity index (χ3v) is 6.44. The van der Waals surface area contributed by atoms with Gasteiger partial charge in [0.25, 0.3) is 0 Å². The van der Waals surface area contributed by atoms with Crippen LogP contribution in [-0.2, 0) is 0 Å². The maximum atomic E-state index is 13.9. The van der Waals surface area contributed by atoms with Crippen LogP contribution in [0.2, 0.25) is 5.02 Å². The van der Waals surface area contributed by atoms with E-state index in [1.165, 1.54) is 16.4 Å². The van der Waals surface area contributed by atoms with E-state index in [4.69, 9.17) is 11.6 Å². The molecule has 0 aromatic heterocycles. The summed E-state index contributed by atoms with van der Waals surface area (Å²) in [5.41, 5.74) is 2.02.